The van der Waals surface area contributed by atoms with E-state index in [4.69, 9.17) is 11.6 Å². The van der Waals surface area contributed by atoms with Gasteiger partial charge in [0.25, 0.3) is 0 Å². The number of rotatable bonds is 1. The summed E-state index contributed by atoms with van der Waals surface area (Å²) in [5, 5.41) is 0.573. The average Bonchev–Trinajstić information content (AvgIpc) is 1.35. The van der Waals surface area contributed by atoms with Crippen LogP contribution < -0.4 is 0 Å². The molecule has 0 aromatic heterocycles. The molecule has 0 heterocycles. The first-order valence-corrected chi connectivity index (χ1v) is 2.98. The summed E-state index contributed by atoms with van der Waals surface area (Å²) in [6.45, 7) is 0. The summed E-state index contributed by atoms with van der Waals surface area (Å²) in [5.41, 5.74) is 0. The molecule has 0 aliphatic carbocycles. The Morgan fingerprint density at radius 1 is 2.00 bits per heavy atom. The molecule has 0 aromatic carbocycles. The van der Waals surface area contributed by atoms with Gasteiger partial charge in [0.1, 0.15) is 0 Å². The van der Waals surface area contributed by atoms with Gasteiger partial charge >= 0.3 is 0 Å². The lowest BCUT2D eigenvalue weighted by Gasteiger charge is -1.72. The Labute approximate surface area is 45.4 Å². The minimum atomic E-state index is -0.650. The lowest BCUT2D eigenvalue weighted by Crippen LogP contribution is -1.45. The van der Waals surface area contributed by atoms with Crippen molar-refractivity contribution in [1.29, 1.82) is 0 Å². The lowest BCUT2D eigenvalue weighted by atomic mass is 11.2. The SMILES string of the molecule is CSC=C(F)Cl. The summed E-state index contributed by atoms with van der Waals surface area (Å²) in [6.07, 6.45) is 1.74. The molecule has 0 aromatic rings. The topological polar surface area (TPSA) is 0 Å². The summed E-state index contributed by atoms with van der Waals surface area (Å²) < 4.78 is 11.3. The standard InChI is InChI=1S/C3H4ClFS/c1-6-2-3(4)5/h2H,1H3. The minimum Gasteiger partial charge on any atom is -0.193 e. The maximum Gasteiger partial charge on any atom is 0.195 e. The van der Waals surface area contributed by atoms with Gasteiger partial charge in [-0.25, -0.2) is 0 Å². The third-order valence-electron chi connectivity index (χ3n) is 0.207. The Balaban J connectivity index is 3.14. The minimum absolute atomic E-state index is 0.650. The number of thioether (sulfide) groups is 1. The second-order valence-electron chi connectivity index (χ2n) is 0.643. The maximum atomic E-state index is 11.3. The third kappa shape index (κ3) is 4.31. The second-order valence-corrected chi connectivity index (χ2v) is 1.71. The summed E-state index contributed by atoms with van der Waals surface area (Å²) in [4.78, 5) is 0. The Kier molecular flexibility index (Phi) is 3.68. The monoisotopic (exact) mass is 126 g/mol. The number of hydrogen-bond donors (Lipinski definition) is 0. The van der Waals surface area contributed by atoms with Crippen LogP contribution in [0.5, 0.6) is 0 Å². The van der Waals surface area contributed by atoms with Gasteiger partial charge in [-0.15, -0.1) is 11.8 Å². The zero-order valence-corrected chi connectivity index (χ0v) is 4.81. The van der Waals surface area contributed by atoms with Crippen molar-refractivity contribution < 1.29 is 4.39 Å². The van der Waals surface area contributed by atoms with Crippen LogP contribution in [0.1, 0.15) is 0 Å². The fraction of sp³-hybridized carbons (Fsp3) is 0.333. The Morgan fingerprint density at radius 3 is 2.50 bits per heavy atom. The van der Waals surface area contributed by atoms with Gasteiger partial charge in [0.05, 0.1) is 0 Å². The van der Waals surface area contributed by atoms with Gasteiger partial charge in [-0.3, -0.25) is 0 Å². The molecule has 36 valence electrons. The normalized spacial score (nSPS) is 12.2. The molecule has 0 atom stereocenters. The molecular weight excluding hydrogens is 123 g/mol. The maximum absolute atomic E-state index is 11.3. The largest absolute Gasteiger partial charge is 0.195 e. The molecule has 0 spiro atoms. The summed E-state index contributed by atoms with van der Waals surface area (Å²) in [6, 6.07) is 0. The zero-order chi connectivity index (χ0) is 4.99. The predicted molar refractivity (Wildman–Crippen MR) is 28.6 cm³/mol. The van der Waals surface area contributed by atoms with Crippen LogP contribution in [-0.2, 0) is 0 Å². The molecule has 6 heavy (non-hydrogen) atoms. The van der Waals surface area contributed by atoms with Crippen LogP contribution in [0.15, 0.2) is 10.7 Å². The Bertz CT molecular complexity index is 57.8. The van der Waals surface area contributed by atoms with Gasteiger partial charge in [-0.1, -0.05) is 11.6 Å². The first-order chi connectivity index (χ1) is 2.77. The van der Waals surface area contributed by atoms with Crippen LogP contribution in [0.4, 0.5) is 4.39 Å². The lowest BCUT2D eigenvalue weighted by molar-refractivity contribution is 0.697. The van der Waals surface area contributed by atoms with Gasteiger partial charge < -0.3 is 0 Å². The van der Waals surface area contributed by atoms with Crippen molar-refractivity contribution in [3.8, 4) is 0 Å². The van der Waals surface area contributed by atoms with Crippen LogP contribution in [0.25, 0.3) is 0 Å². The van der Waals surface area contributed by atoms with Crippen molar-refractivity contribution in [3.63, 3.8) is 0 Å². The third-order valence-corrected chi connectivity index (χ3v) is 0.888. The van der Waals surface area contributed by atoms with Crippen molar-refractivity contribution in [1.82, 2.24) is 0 Å². The van der Waals surface area contributed by atoms with Crippen LogP contribution >= 0.6 is 23.4 Å². The molecule has 0 aliphatic heterocycles. The Morgan fingerprint density at radius 2 is 2.50 bits per heavy atom. The van der Waals surface area contributed by atoms with Gasteiger partial charge in [0.15, 0.2) is 5.29 Å². The van der Waals surface area contributed by atoms with Crippen molar-refractivity contribution in [3.05, 3.63) is 10.7 Å². The molecule has 0 saturated carbocycles. The summed E-state index contributed by atoms with van der Waals surface area (Å²) >= 11 is 5.99. The molecule has 0 radical (unpaired) electrons. The van der Waals surface area contributed by atoms with E-state index in [2.05, 4.69) is 0 Å². The van der Waals surface area contributed by atoms with E-state index in [1.807, 2.05) is 0 Å². The molecule has 0 bridgehead atoms. The van der Waals surface area contributed by atoms with Gasteiger partial charge in [0.2, 0.25) is 0 Å². The molecule has 0 rings (SSSR count). The second kappa shape index (κ2) is 3.50. The average molecular weight is 127 g/mol. The van der Waals surface area contributed by atoms with Crippen LogP contribution in [-0.4, -0.2) is 6.26 Å². The van der Waals surface area contributed by atoms with E-state index >= 15 is 0 Å². The first kappa shape index (κ1) is 6.31. The fourth-order valence-corrected chi connectivity index (χ4v) is 0.535. The molecule has 0 amide bonds. The number of halogens is 2. The summed E-state index contributed by atoms with van der Waals surface area (Å²) in [5.74, 6) is 0. The molecule has 0 saturated heterocycles. The highest BCUT2D eigenvalue weighted by Gasteiger charge is 1.76. The molecule has 0 nitrogen and oxygen atoms in total. The van der Waals surface area contributed by atoms with E-state index in [9.17, 15) is 4.39 Å². The highest BCUT2D eigenvalue weighted by atomic mass is 35.5. The van der Waals surface area contributed by atoms with Crippen molar-refractivity contribution in [2.75, 3.05) is 6.26 Å². The zero-order valence-electron chi connectivity index (χ0n) is 3.24. The predicted octanol–water partition coefficient (Wildman–Crippen LogP) is 2.36. The quantitative estimate of drug-likeness (QED) is 0.520. The molecule has 0 N–H and O–H groups in total. The van der Waals surface area contributed by atoms with Crippen LogP contribution in [0, 0.1) is 0 Å². The smallest absolute Gasteiger partial charge is 0.193 e. The van der Waals surface area contributed by atoms with Gasteiger partial charge in [-0.2, -0.15) is 4.39 Å². The number of hydrogen-bond acceptors (Lipinski definition) is 1. The molecule has 0 unspecified atom stereocenters. The molecule has 0 aliphatic rings. The fourth-order valence-electron chi connectivity index (χ4n) is 0.0891. The van der Waals surface area contributed by atoms with Crippen molar-refractivity contribution >= 4 is 23.4 Å². The van der Waals surface area contributed by atoms with Crippen molar-refractivity contribution in [2.24, 2.45) is 0 Å². The van der Waals surface area contributed by atoms with E-state index in [-0.39, 0.29) is 0 Å². The summed E-state index contributed by atoms with van der Waals surface area (Å²) in [7, 11) is 0. The van der Waals surface area contributed by atoms with Gasteiger partial charge in [-0.05, 0) is 6.26 Å². The van der Waals surface area contributed by atoms with E-state index in [1.165, 1.54) is 17.2 Å². The molecule has 0 fully saturated rings. The van der Waals surface area contributed by atoms with Crippen molar-refractivity contribution in [2.45, 2.75) is 0 Å². The van der Waals surface area contributed by atoms with Crippen LogP contribution in [0.2, 0.25) is 0 Å². The van der Waals surface area contributed by atoms with E-state index in [0.717, 1.165) is 0 Å². The highest BCUT2D eigenvalue weighted by Crippen LogP contribution is 2.06. The van der Waals surface area contributed by atoms with E-state index < -0.39 is 5.29 Å². The van der Waals surface area contributed by atoms with E-state index in [0.29, 0.717) is 0 Å². The molecule has 3 heteroatoms. The first-order valence-electron chi connectivity index (χ1n) is 1.31. The highest BCUT2D eigenvalue weighted by molar-refractivity contribution is 8.01. The molecular formula is C3H4ClFS. The van der Waals surface area contributed by atoms with Crippen LogP contribution in [0.3, 0.4) is 0 Å². The Hall–Kier alpha value is 0.310. The van der Waals surface area contributed by atoms with Gasteiger partial charge in [0, 0.05) is 5.41 Å². The van der Waals surface area contributed by atoms with E-state index in [1.54, 1.807) is 6.26 Å².